The lowest BCUT2D eigenvalue weighted by Gasteiger charge is -2.21. The zero-order chi connectivity index (χ0) is 15.4. The number of amides is 1. The van der Waals surface area contributed by atoms with Gasteiger partial charge >= 0.3 is 0 Å². The summed E-state index contributed by atoms with van der Waals surface area (Å²) in [6, 6.07) is 7.00. The number of nitrogens with zero attached hydrogens (tertiary/aromatic N) is 1. The van der Waals surface area contributed by atoms with E-state index < -0.39 is 0 Å². The predicted octanol–water partition coefficient (Wildman–Crippen LogP) is 3.81. The molecule has 0 saturated carbocycles. The number of rotatable bonds is 4. The van der Waals surface area contributed by atoms with Gasteiger partial charge in [0, 0.05) is 18.5 Å². The molecule has 3 nitrogen and oxygen atoms in total. The molecule has 0 bridgehead atoms. The topological polar surface area (TPSA) is 37.4 Å². The van der Waals surface area contributed by atoms with E-state index in [1.54, 1.807) is 29.2 Å². The van der Waals surface area contributed by atoms with Gasteiger partial charge in [0.25, 0.3) is 0 Å². The molecule has 1 fully saturated rings. The molecule has 4 heteroatoms. The van der Waals surface area contributed by atoms with Gasteiger partial charge in [0.15, 0.2) is 5.78 Å². The van der Waals surface area contributed by atoms with Crippen LogP contribution in [0.2, 0.25) is 5.02 Å². The number of carbonyl (C=O) groups is 2. The Morgan fingerprint density at radius 2 is 2.05 bits per heavy atom. The third-order valence-electron chi connectivity index (χ3n) is 4.30. The van der Waals surface area contributed by atoms with Gasteiger partial charge in [-0.3, -0.25) is 9.59 Å². The molecule has 1 atom stereocenters. The maximum atomic E-state index is 12.3. The fourth-order valence-corrected chi connectivity index (χ4v) is 3.08. The van der Waals surface area contributed by atoms with Gasteiger partial charge in [0.05, 0.1) is 11.6 Å². The SMILES string of the molecule is CC(C)C1CCC(=O)N(CC(=O)c2ccccc2Cl)CC1. The Labute approximate surface area is 131 Å². The van der Waals surface area contributed by atoms with Gasteiger partial charge < -0.3 is 4.90 Å². The standard InChI is InChI=1S/C17H22ClNO2/c1-12(2)13-7-8-17(21)19(10-9-13)11-16(20)14-5-3-4-6-15(14)18/h3-6,12-13H,7-11H2,1-2H3. The smallest absolute Gasteiger partial charge is 0.222 e. The van der Waals surface area contributed by atoms with E-state index in [0.29, 0.717) is 35.4 Å². The van der Waals surface area contributed by atoms with Gasteiger partial charge in [-0.15, -0.1) is 0 Å². The molecule has 1 aliphatic rings. The van der Waals surface area contributed by atoms with Crippen molar-refractivity contribution >= 4 is 23.3 Å². The third-order valence-corrected chi connectivity index (χ3v) is 4.63. The summed E-state index contributed by atoms with van der Waals surface area (Å²) in [5, 5.41) is 0.449. The molecule has 0 N–H and O–H groups in total. The van der Waals surface area contributed by atoms with Gasteiger partial charge in [-0.25, -0.2) is 0 Å². The van der Waals surface area contributed by atoms with E-state index in [2.05, 4.69) is 13.8 Å². The van der Waals surface area contributed by atoms with Crippen molar-refractivity contribution in [1.29, 1.82) is 0 Å². The van der Waals surface area contributed by atoms with Crippen LogP contribution in [-0.4, -0.2) is 29.7 Å². The molecule has 1 amide bonds. The Balaban J connectivity index is 2.03. The Bertz CT molecular complexity index is 527. The third kappa shape index (κ3) is 4.07. The lowest BCUT2D eigenvalue weighted by Crippen LogP contribution is -2.35. The van der Waals surface area contributed by atoms with Crippen LogP contribution in [0.3, 0.4) is 0 Å². The molecule has 1 aromatic rings. The van der Waals surface area contributed by atoms with E-state index in [-0.39, 0.29) is 18.2 Å². The molecule has 1 unspecified atom stereocenters. The van der Waals surface area contributed by atoms with Crippen LogP contribution >= 0.6 is 11.6 Å². The molecule has 0 aliphatic carbocycles. The number of hydrogen-bond donors (Lipinski definition) is 0. The number of Topliss-reactive ketones (excluding diaryl/α,β-unsaturated/α-hetero) is 1. The first-order chi connectivity index (χ1) is 9.99. The molecular weight excluding hydrogens is 286 g/mol. The minimum atomic E-state index is -0.0862. The van der Waals surface area contributed by atoms with Crippen molar-refractivity contribution in [2.75, 3.05) is 13.1 Å². The van der Waals surface area contributed by atoms with Crippen LogP contribution in [0.25, 0.3) is 0 Å². The Kier molecular flexibility index (Phi) is 5.40. The van der Waals surface area contributed by atoms with Crippen molar-refractivity contribution in [2.24, 2.45) is 11.8 Å². The second-order valence-corrected chi connectivity index (χ2v) is 6.46. The maximum absolute atomic E-state index is 12.3. The van der Waals surface area contributed by atoms with Crippen molar-refractivity contribution in [3.05, 3.63) is 34.9 Å². The van der Waals surface area contributed by atoms with E-state index in [1.807, 2.05) is 0 Å². The van der Waals surface area contributed by atoms with Gasteiger partial charge in [0.2, 0.25) is 5.91 Å². The predicted molar refractivity (Wildman–Crippen MR) is 84.5 cm³/mol. The molecule has 0 aromatic heterocycles. The highest BCUT2D eigenvalue weighted by Crippen LogP contribution is 2.25. The van der Waals surface area contributed by atoms with Gasteiger partial charge in [-0.05, 0) is 36.8 Å². The Morgan fingerprint density at radius 1 is 1.33 bits per heavy atom. The summed E-state index contributed by atoms with van der Waals surface area (Å²) in [7, 11) is 0. The highest BCUT2D eigenvalue weighted by atomic mass is 35.5. The highest BCUT2D eigenvalue weighted by molar-refractivity contribution is 6.34. The van der Waals surface area contributed by atoms with Crippen molar-refractivity contribution in [3.63, 3.8) is 0 Å². The molecule has 114 valence electrons. The van der Waals surface area contributed by atoms with Crippen molar-refractivity contribution in [3.8, 4) is 0 Å². The number of ketones is 1. The zero-order valence-corrected chi connectivity index (χ0v) is 13.4. The number of halogens is 1. The molecule has 0 spiro atoms. The minimum Gasteiger partial charge on any atom is -0.335 e. The van der Waals surface area contributed by atoms with Crippen LogP contribution in [-0.2, 0) is 4.79 Å². The maximum Gasteiger partial charge on any atom is 0.222 e. The van der Waals surface area contributed by atoms with E-state index in [9.17, 15) is 9.59 Å². The van der Waals surface area contributed by atoms with Crippen molar-refractivity contribution in [1.82, 2.24) is 4.90 Å². The van der Waals surface area contributed by atoms with E-state index in [0.717, 1.165) is 12.8 Å². The molecule has 1 saturated heterocycles. The quantitative estimate of drug-likeness (QED) is 0.793. The first-order valence-electron chi connectivity index (χ1n) is 7.54. The number of hydrogen-bond acceptors (Lipinski definition) is 2. The molecule has 1 aliphatic heterocycles. The summed E-state index contributed by atoms with van der Waals surface area (Å²) in [5.74, 6) is 1.14. The van der Waals surface area contributed by atoms with Crippen LogP contribution in [0.1, 0.15) is 43.5 Å². The second kappa shape index (κ2) is 7.08. The van der Waals surface area contributed by atoms with Crippen LogP contribution in [0, 0.1) is 11.8 Å². The first-order valence-corrected chi connectivity index (χ1v) is 7.92. The fraction of sp³-hybridized carbons (Fsp3) is 0.529. The van der Waals surface area contributed by atoms with Crippen molar-refractivity contribution in [2.45, 2.75) is 33.1 Å². The molecular formula is C17H22ClNO2. The van der Waals surface area contributed by atoms with Crippen LogP contribution in [0.5, 0.6) is 0 Å². The van der Waals surface area contributed by atoms with Crippen LogP contribution in [0.4, 0.5) is 0 Å². The van der Waals surface area contributed by atoms with Crippen LogP contribution in [0.15, 0.2) is 24.3 Å². The monoisotopic (exact) mass is 307 g/mol. The summed E-state index contributed by atoms with van der Waals surface area (Å²) in [5.41, 5.74) is 0.497. The zero-order valence-electron chi connectivity index (χ0n) is 12.6. The highest BCUT2D eigenvalue weighted by Gasteiger charge is 2.26. The molecule has 1 heterocycles. The fourth-order valence-electron chi connectivity index (χ4n) is 2.84. The van der Waals surface area contributed by atoms with Gasteiger partial charge in [0.1, 0.15) is 0 Å². The second-order valence-electron chi connectivity index (χ2n) is 6.05. The Morgan fingerprint density at radius 3 is 2.71 bits per heavy atom. The lowest BCUT2D eigenvalue weighted by atomic mass is 9.89. The minimum absolute atomic E-state index is 0.0820. The first kappa shape index (κ1) is 16.0. The average Bonchev–Trinajstić information content (AvgIpc) is 2.62. The van der Waals surface area contributed by atoms with E-state index >= 15 is 0 Å². The van der Waals surface area contributed by atoms with E-state index in [4.69, 9.17) is 11.6 Å². The number of benzene rings is 1. The van der Waals surface area contributed by atoms with Crippen LogP contribution < -0.4 is 0 Å². The summed E-state index contributed by atoms with van der Waals surface area (Å²) in [6.07, 6.45) is 2.44. The molecule has 1 aromatic carbocycles. The summed E-state index contributed by atoms with van der Waals surface area (Å²) in [4.78, 5) is 26.2. The molecule has 0 radical (unpaired) electrons. The summed E-state index contributed by atoms with van der Waals surface area (Å²) < 4.78 is 0. The summed E-state index contributed by atoms with van der Waals surface area (Å²) in [6.45, 7) is 5.19. The van der Waals surface area contributed by atoms with E-state index in [1.165, 1.54) is 0 Å². The molecule has 2 rings (SSSR count). The number of carbonyl (C=O) groups excluding carboxylic acids is 2. The Hall–Kier alpha value is -1.35. The summed E-state index contributed by atoms with van der Waals surface area (Å²) >= 11 is 6.05. The number of likely N-dealkylation sites (tertiary alicyclic amines) is 1. The largest absolute Gasteiger partial charge is 0.335 e. The lowest BCUT2D eigenvalue weighted by molar-refractivity contribution is -0.130. The van der Waals surface area contributed by atoms with Gasteiger partial charge in [-0.2, -0.15) is 0 Å². The normalized spacial score (nSPS) is 19.7. The van der Waals surface area contributed by atoms with Gasteiger partial charge in [-0.1, -0.05) is 37.6 Å². The average molecular weight is 308 g/mol. The van der Waals surface area contributed by atoms with Crippen molar-refractivity contribution < 1.29 is 9.59 Å². The molecule has 21 heavy (non-hydrogen) atoms.